The van der Waals surface area contributed by atoms with Crippen LogP contribution in [0.1, 0.15) is 0 Å². The molecule has 1 aromatic rings. The summed E-state index contributed by atoms with van der Waals surface area (Å²) >= 11 is 11.0. The molecule has 70 valence electrons. The van der Waals surface area contributed by atoms with E-state index in [0.717, 1.165) is 0 Å². The van der Waals surface area contributed by atoms with Gasteiger partial charge in [-0.2, -0.15) is 0 Å². The van der Waals surface area contributed by atoms with E-state index in [2.05, 4.69) is 4.98 Å². The number of anilines is 1. The van der Waals surface area contributed by atoms with Crippen LogP contribution in [0.15, 0.2) is 18.3 Å². The minimum atomic E-state index is -0.198. The van der Waals surface area contributed by atoms with Crippen molar-refractivity contribution in [2.75, 3.05) is 17.8 Å². The second-order valence-corrected chi connectivity index (χ2v) is 3.12. The Balaban J connectivity index is 2.83. The highest BCUT2D eigenvalue weighted by Crippen LogP contribution is 2.12. The van der Waals surface area contributed by atoms with Gasteiger partial charge in [0.15, 0.2) is 0 Å². The molecular weight excluding hydrogens is 211 g/mol. The maximum atomic E-state index is 11.1. The predicted octanol–water partition coefficient (Wildman–Crippen LogP) is 1.94. The summed E-state index contributed by atoms with van der Waals surface area (Å²) in [4.78, 5) is 16.5. The molecule has 0 aliphatic carbocycles. The lowest BCUT2D eigenvalue weighted by Gasteiger charge is -2.13. The number of hydrogen-bond acceptors (Lipinski definition) is 2. The number of hydrogen-bond donors (Lipinski definition) is 0. The third-order valence-electron chi connectivity index (χ3n) is 1.54. The fourth-order valence-corrected chi connectivity index (χ4v) is 1.07. The molecule has 0 bridgehead atoms. The molecule has 0 aromatic carbocycles. The van der Waals surface area contributed by atoms with E-state index in [1.54, 1.807) is 19.2 Å². The van der Waals surface area contributed by atoms with Gasteiger partial charge in [-0.1, -0.05) is 11.6 Å². The number of nitrogens with zero attached hydrogens (tertiary/aromatic N) is 2. The molecule has 0 aliphatic rings. The minimum absolute atomic E-state index is 0.0548. The third kappa shape index (κ3) is 2.57. The summed E-state index contributed by atoms with van der Waals surface area (Å²) in [5.74, 6) is 0.285. The van der Waals surface area contributed by atoms with E-state index in [1.165, 1.54) is 11.1 Å². The average molecular weight is 219 g/mol. The third-order valence-corrected chi connectivity index (χ3v) is 2.00. The Morgan fingerprint density at radius 3 is 2.77 bits per heavy atom. The van der Waals surface area contributed by atoms with Crippen LogP contribution in [0.3, 0.4) is 0 Å². The van der Waals surface area contributed by atoms with Gasteiger partial charge in [0.05, 0.1) is 5.02 Å². The lowest BCUT2D eigenvalue weighted by molar-refractivity contribution is -0.116. The Morgan fingerprint density at radius 1 is 1.62 bits per heavy atom. The number of amides is 1. The molecule has 1 heterocycles. The SMILES string of the molecule is CN(C(=O)CCl)c1ccc(Cl)cn1. The van der Waals surface area contributed by atoms with Crippen molar-refractivity contribution in [2.45, 2.75) is 0 Å². The molecule has 1 aromatic heterocycles. The zero-order valence-electron chi connectivity index (χ0n) is 7.00. The summed E-state index contributed by atoms with van der Waals surface area (Å²) in [5, 5.41) is 0.537. The normalized spacial score (nSPS) is 9.77. The molecule has 1 amide bonds. The zero-order chi connectivity index (χ0) is 9.84. The van der Waals surface area contributed by atoms with Crippen molar-refractivity contribution in [1.29, 1.82) is 0 Å². The number of pyridine rings is 1. The molecule has 3 nitrogen and oxygen atoms in total. The highest BCUT2D eigenvalue weighted by Gasteiger charge is 2.09. The molecule has 0 radical (unpaired) electrons. The molecule has 13 heavy (non-hydrogen) atoms. The first kappa shape index (κ1) is 10.3. The van der Waals surface area contributed by atoms with Gasteiger partial charge in [0.25, 0.3) is 0 Å². The fourth-order valence-electron chi connectivity index (χ4n) is 0.784. The maximum absolute atomic E-state index is 11.1. The number of halogens is 2. The number of alkyl halides is 1. The Morgan fingerprint density at radius 2 is 2.31 bits per heavy atom. The monoisotopic (exact) mass is 218 g/mol. The van der Waals surface area contributed by atoms with Crippen LogP contribution in [0.4, 0.5) is 5.82 Å². The summed E-state index contributed by atoms with van der Waals surface area (Å²) < 4.78 is 0. The molecule has 0 saturated carbocycles. The second kappa shape index (κ2) is 4.44. The van der Waals surface area contributed by atoms with E-state index in [-0.39, 0.29) is 11.8 Å². The molecule has 0 atom stereocenters. The largest absolute Gasteiger partial charge is 0.299 e. The van der Waals surface area contributed by atoms with Crippen molar-refractivity contribution < 1.29 is 4.79 Å². The van der Waals surface area contributed by atoms with E-state index in [4.69, 9.17) is 23.2 Å². The minimum Gasteiger partial charge on any atom is -0.299 e. The Hall–Kier alpha value is -0.800. The fraction of sp³-hybridized carbons (Fsp3) is 0.250. The van der Waals surface area contributed by atoms with E-state index in [9.17, 15) is 4.79 Å². The van der Waals surface area contributed by atoms with E-state index in [0.29, 0.717) is 10.8 Å². The van der Waals surface area contributed by atoms with Crippen molar-refractivity contribution in [1.82, 2.24) is 4.98 Å². The van der Waals surface area contributed by atoms with E-state index in [1.807, 2.05) is 0 Å². The van der Waals surface area contributed by atoms with Crippen LogP contribution in [0.5, 0.6) is 0 Å². The molecule has 0 unspecified atom stereocenters. The van der Waals surface area contributed by atoms with E-state index >= 15 is 0 Å². The Bertz CT molecular complexity index is 300. The number of carbonyl (C=O) groups is 1. The number of carbonyl (C=O) groups excluding carboxylic acids is 1. The van der Waals surface area contributed by atoms with Gasteiger partial charge in [-0.15, -0.1) is 11.6 Å². The van der Waals surface area contributed by atoms with Gasteiger partial charge in [-0.25, -0.2) is 4.98 Å². The van der Waals surface area contributed by atoms with Crippen LogP contribution in [0.25, 0.3) is 0 Å². The lowest BCUT2D eigenvalue weighted by atomic mass is 10.4. The highest BCUT2D eigenvalue weighted by molar-refractivity contribution is 6.30. The number of aromatic nitrogens is 1. The van der Waals surface area contributed by atoms with Gasteiger partial charge >= 0.3 is 0 Å². The van der Waals surface area contributed by atoms with Crippen LogP contribution < -0.4 is 4.90 Å². The quantitative estimate of drug-likeness (QED) is 0.712. The Labute approximate surface area is 86.3 Å². The van der Waals surface area contributed by atoms with Crippen LogP contribution in [0.2, 0.25) is 5.02 Å². The lowest BCUT2D eigenvalue weighted by Crippen LogP contribution is -2.27. The molecule has 5 heteroatoms. The summed E-state index contributed by atoms with van der Waals surface area (Å²) in [6, 6.07) is 3.33. The molecule has 1 rings (SSSR count). The first-order valence-electron chi connectivity index (χ1n) is 3.59. The zero-order valence-corrected chi connectivity index (χ0v) is 8.51. The molecular formula is C8H8Cl2N2O. The van der Waals surface area contributed by atoms with Gasteiger partial charge in [-0.05, 0) is 12.1 Å². The number of rotatable bonds is 2. The van der Waals surface area contributed by atoms with Gasteiger partial charge in [0, 0.05) is 13.2 Å². The summed E-state index contributed by atoms with van der Waals surface area (Å²) in [7, 11) is 1.61. The smallest absolute Gasteiger partial charge is 0.242 e. The first-order valence-corrected chi connectivity index (χ1v) is 4.50. The molecule has 0 spiro atoms. The highest BCUT2D eigenvalue weighted by atomic mass is 35.5. The van der Waals surface area contributed by atoms with Crippen LogP contribution >= 0.6 is 23.2 Å². The van der Waals surface area contributed by atoms with Gasteiger partial charge in [0.2, 0.25) is 5.91 Å². The summed E-state index contributed by atoms with van der Waals surface area (Å²) in [5.41, 5.74) is 0. The molecule has 0 fully saturated rings. The van der Waals surface area contributed by atoms with Crippen molar-refractivity contribution in [3.05, 3.63) is 23.4 Å². The van der Waals surface area contributed by atoms with Crippen LogP contribution in [-0.4, -0.2) is 23.8 Å². The second-order valence-electron chi connectivity index (χ2n) is 2.42. The maximum Gasteiger partial charge on any atom is 0.242 e. The summed E-state index contributed by atoms with van der Waals surface area (Å²) in [6.07, 6.45) is 1.48. The average Bonchev–Trinajstić information content (AvgIpc) is 2.17. The van der Waals surface area contributed by atoms with Crippen LogP contribution in [0, 0.1) is 0 Å². The van der Waals surface area contributed by atoms with Crippen molar-refractivity contribution in [3.8, 4) is 0 Å². The van der Waals surface area contributed by atoms with Gasteiger partial charge < -0.3 is 0 Å². The predicted molar refractivity (Wildman–Crippen MR) is 53.4 cm³/mol. The van der Waals surface area contributed by atoms with Crippen molar-refractivity contribution in [2.24, 2.45) is 0 Å². The summed E-state index contributed by atoms with van der Waals surface area (Å²) in [6.45, 7) is 0. The molecule has 0 N–H and O–H groups in total. The first-order chi connectivity index (χ1) is 6.15. The van der Waals surface area contributed by atoms with Crippen molar-refractivity contribution >= 4 is 34.9 Å². The standard InChI is InChI=1S/C8H8Cl2N2O/c1-12(8(13)4-9)7-3-2-6(10)5-11-7/h2-3,5H,4H2,1H3. The Kier molecular flexibility index (Phi) is 3.51. The van der Waals surface area contributed by atoms with Crippen molar-refractivity contribution in [3.63, 3.8) is 0 Å². The van der Waals surface area contributed by atoms with Gasteiger partial charge in [0.1, 0.15) is 11.7 Å². The molecule has 0 saturated heterocycles. The van der Waals surface area contributed by atoms with Crippen LogP contribution in [-0.2, 0) is 4.79 Å². The molecule has 0 aliphatic heterocycles. The van der Waals surface area contributed by atoms with E-state index < -0.39 is 0 Å². The van der Waals surface area contributed by atoms with Gasteiger partial charge in [-0.3, -0.25) is 9.69 Å². The topological polar surface area (TPSA) is 33.2 Å².